The van der Waals surface area contributed by atoms with Gasteiger partial charge >= 0.3 is 6.03 Å². The number of nitrogens with zero attached hydrogens (tertiary/aromatic N) is 2. The van der Waals surface area contributed by atoms with E-state index in [0.717, 1.165) is 71.2 Å². The van der Waals surface area contributed by atoms with Crippen molar-refractivity contribution in [3.8, 4) is 0 Å². The van der Waals surface area contributed by atoms with Crippen LogP contribution in [0.15, 0.2) is 0 Å². The van der Waals surface area contributed by atoms with E-state index in [0.29, 0.717) is 19.4 Å². The number of amides is 5. The van der Waals surface area contributed by atoms with E-state index in [-0.39, 0.29) is 40.0 Å². The van der Waals surface area contributed by atoms with Crippen molar-refractivity contribution in [3.05, 3.63) is 0 Å². The highest BCUT2D eigenvalue weighted by atomic mass is 16.2. The van der Waals surface area contributed by atoms with E-state index in [4.69, 9.17) is 5.73 Å². The van der Waals surface area contributed by atoms with Gasteiger partial charge in [-0.15, -0.1) is 0 Å². The summed E-state index contributed by atoms with van der Waals surface area (Å²) in [4.78, 5) is 71.4. The van der Waals surface area contributed by atoms with Crippen LogP contribution < -0.4 is 27.0 Å². The topological polar surface area (TPSA) is 166 Å². The van der Waals surface area contributed by atoms with Crippen LogP contribution in [-0.4, -0.2) is 103 Å². The van der Waals surface area contributed by atoms with Gasteiger partial charge in [0.25, 0.3) is 5.91 Å². The Kier molecular flexibility index (Phi) is 10.3. The normalized spacial score (nSPS) is 28.2. The summed E-state index contributed by atoms with van der Waals surface area (Å²) in [5.41, 5.74) is 4.53. The molecule has 0 radical (unpaired) electrons. The fraction of sp³-hybridized carbons (Fsp3) is 0.861. The van der Waals surface area contributed by atoms with Crippen LogP contribution in [0.2, 0.25) is 0 Å². The lowest BCUT2D eigenvalue weighted by Crippen LogP contribution is -2.61. The zero-order valence-electron chi connectivity index (χ0n) is 30.4. The Morgan fingerprint density at radius 3 is 2.06 bits per heavy atom. The molecule has 270 valence electrons. The minimum absolute atomic E-state index is 0.0589. The summed E-state index contributed by atoms with van der Waals surface area (Å²) in [5.74, 6) is -2.15. The van der Waals surface area contributed by atoms with Gasteiger partial charge in [0.05, 0.1) is 6.04 Å². The molecule has 0 bridgehead atoms. The Labute approximate surface area is 286 Å². The third-order valence-electron chi connectivity index (χ3n) is 13.2. The Bertz CT molecular complexity index is 1260. The molecular weight excluding hydrogens is 610 g/mol. The Hall–Kier alpha value is -2.73. The molecule has 5 amide bonds. The first kappa shape index (κ1) is 36.5. The average Bonchev–Trinajstić information content (AvgIpc) is 3.19. The van der Waals surface area contributed by atoms with E-state index in [9.17, 15) is 24.0 Å². The number of carbonyl (C=O) groups is 5. The highest BCUT2D eigenvalue weighted by molar-refractivity contribution is 6.37. The molecule has 2 spiro atoms. The van der Waals surface area contributed by atoms with Crippen LogP contribution in [0.3, 0.4) is 0 Å². The molecule has 2 aliphatic heterocycles. The van der Waals surface area contributed by atoms with Gasteiger partial charge in [0.2, 0.25) is 17.6 Å². The standard InChI is InChI=1S/C36H61N7O5/c1-22(2)25(20-42-16-14-38-15-17-42)40-32(48)41-28(33(3,4)5)31(47)43-21-36(34(6,7)35(36)12-9-13-35)19-26(43)30(46)39-24(27(44)29(37)45)18-23-10-8-11-23/h22-26,28,38H,8-21H2,1-7H3,(H2,37,45)(H,39,46)(H2,40,41,48)/t24?,25-,26?,28+,36?/m1/s1. The van der Waals surface area contributed by atoms with Crippen molar-refractivity contribution in [2.45, 2.75) is 124 Å². The minimum atomic E-state index is -1.06. The molecule has 6 N–H and O–H groups in total. The molecule has 12 heteroatoms. The number of nitrogens with two attached hydrogens (primary N) is 1. The number of piperazine rings is 1. The van der Waals surface area contributed by atoms with Crippen LogP contribution in [0.25, 0.3) is 0 Å². The molecule has 0 aromatic rings. The average molecular weight is 672 g/mol. The van der Waals surface area contributed by atoms with Crippen LogP contribution >= 0.6 is 0 Å². The SMILES string of the molecule is CC(C)[C@@H](CN1CCNCC1)NC(=O)N[C@@H](C(=O)N1CC2(CC1C(=O)NC(CC1CCC1)C(=O)C(N)=O)C(C)(C)C21CCC1)C(C)(C)C. The molecule has 2 saturated heterocycles. The predicted octanol–water partition coefficient (Wildman–Crippen LogP) is 2.16. The number of Topliss-reactive ketones (excluding diaryl/α,β-unsaturated/α-hetero) is 1. The van der Waals surface area contributed by atoms with Crippen LogP contribution in [-0.2, 0) is 19.2 Å². The van der Waals surface area contributed by atoms with E-state index < -0.39 is 47.2 Å². The minimum Gasteiger partial charge on any atom is -0.363 e. The number of likely N-dealkylation sites (tertiary alicyclic amines) is 1. The monoisotopic (exact) mass is 671 g/mol. The molecule has 3 aliphatic carbocycles. The van der Waals surface area contributed by atoms with Gasteiger partial charge in [0.15, 0.2) is 0 Å². The summed E-state index contributed by atoms with van der Waals surface area (Å²) in [6.07, 6.45) is 7.06. The van der Waals surface area contributed by atoms with Gasteiger partial charge in [-0.05, 0) is 53.8 Å². The summed E-state index contributed by atoms with van der Waals surface area (Å²) in [6.45, 7) is 19.3. The van der Waals surface area contributed by atoms with E-state index in [1.807, 2.05) is 20.8 Å². The van der Waals surface area contributed by atoms with Crippen molar-refractivity contribution in [1.29, 1.82) is 0 Å². The molecule has 5 fully saturated rings. The number of hydrogen-bond donors (Lipinski definition) is 5. The lowest BCUT2D eigenvalue weighted by molar-refractivity contribution is -0.143. The van der Waals surface area contributed by atoms with Crippen molar-refractivity contribution in [3.63, 3.8) is 0 Å². The molecule has 3 unspecified atom stereocenters. The molecule has 0 aromatic heterocycles. The summed E-state index contributed by atoms with van der Waals surface area (Å²) < 4.78 is 0. The molecule has 5 atom stereocenters. The first-order valence-corrected chi connectivity index (χ1v) is 18.4. The lowest BCUT2D eigenvalue weighted by atomic mass is 9.73. The van der Waals surface area contributed by atoms with Gasteiger partial charge in [0.1, 0.15) is 12.1 Å². The van der Waals surface area contributed by atoms with Crippen molar-refractivity contribution in [2.75, 3.05) is 39.3 Å². The Morgan fingerprint density at radius 2 is 1.58 bits per heavy atom. The molecule has 12 nitrogen and oxygen atoms in total. The van der Waals surface area contributed by atoms with E-state index in [1.165, 1.54) is 0 Å². The van der Waals surface area contributed by atoms with Gasteiger partial charge in [-0.3, -0.25) is 24.1 Å². The lowest BCUT2D eigenvalue weighted by Gasteiger charge is -2.37. The number of carbonyl (C=O) groups excluding carboxylic acids is 5. The van der Waals surface area contributed by atoms with Crippen molar-refractivity contribution in [1.82, 2.24) is 31.1 Å². The van der Waals surface area contributed by atoms with Crippen LogP contribution in [0.4, 0.5) is 4.79 Å². The number of ketones is 1. The number of fused-ring (bicyclic) bond motifs is 1. The number of rotatable bonds is 12. The summed E-state index contributed by atoms with van der Waals surface area (Å²) in [5, 5.41) is 12.4. The second-order valence-corrected chi connectivity index (χ2v) is 17.5. The molecule has 5 rings (SSSR count). The smallest absolute Gasteiger partial charge is 0.315 e. The maximum atomic E-state index is 14.7. The van der Waals surface area contributed by atoms with Gasteiger partial charge in [0, 0.05) is 50.7 Å². The maximum absolute atomic E-state index is 14.7. The number of primary amides is 1. The van der Waals surface area contributed by atoms with Gasteiger partial charge < -0.3 is 31.9 Å². The fourth-order valence-corrected chi connectivity index (χ4v) is 9.55. The third-order valence-corrected chi connectivity index (χ3v) is 13.2. The maximum Gasteiger partial charge on any atom is 0.315 e. The Morgan fingerprint density at radius 1 is 0.938 bits per heavy atom. The van der Waals surface area contributed by atoms with Gasteiger partial charge in [-0.25, -0.2) is 4.79 Å². The molecule has 0 aromatic carbocycles. The van der Waals surface area contributed by atoms with E-state index in [2.05, 4.69) is 53.9 Å². The molecule has 2 heterocycles. The summed E-state index contributed by atoms with van der Waals surface area (Å²) >= 11 is 0. The van der Waals surface area contributed by atoms with Gasteiger partial charge in [-0.1, -0.05) is 74.1 Å². The second-order valence-electron chi connectivity index (χ2n) is 17.5. The van der Waals surface area contributed by atoms with E-state index in [1.54, 1.807) is 4.90 Å². The Balaban J connectivity index is 1.37. The fourth-order valence-electron chi connectivity index (χ4n) is 9.55. The number of hydrogen-bond acceptors (Lipinski definition) is 7. The predicted molar refractivity (Wildman–Crippen MR) is 184 cm³/mol. The summed E-state index contributed by atoms with van der Waals surface area (Å²) in [6, 6.07) is -3.24. The molecule has 48 heavy (non-hydrogen) atoms. The van der Waals surface area contributed by atoms with Gasteiger partial charge in [-0.2, -0.15) is 0 Å². The zero-order chi connectivity index (χ0) is 35.2. The van der Waals surface area contributed by atoms with Crippen LogP contribution in [0, 0.1) is 33.5 Å². The van der Waals surface area contributed by atoms with Crippen molar-refractivity contribution in [2.24, 2.45) is 39.2 Å². The van der Waals surface area contributed by atoms with E-state index >= 15 is 0 Å². The zero-order valence-corrected chi connectivity index (χ0v) is 30.4. The third kappa shape index (κ3) is 6.60. The second kappa shape index (κ2) is 13.5. The molecular formula is C36H61N7O5. The van der Waals surface area contributed by atoms with Crippen LogP contribution in [0.5, 0.6) is 0 Å². The number of urea groups is 1. The largest absolute Gasteiger partial charge is 0.363 e. The first-order chi connectivity index (χ1) is 22.4. The first-order valence-electron chi connectivity index (χ1n) is 18.4. The quantitative estimate of drug-likeness (QED) is 0.198. The highest BCUT2D eigenvalue weighted by Gasteiger charge is 2.85. The number of nitrogens with one attached hydrogen (secondary N) is 4. The highest BCUT2D eigenvalue weighted by Crippen LogP contribution is 2.88. The summed E-state index contributed by atoms with van der Waals surface area (Å²) in [7, 11) is 0. The van der Waals surface area contributed by atoms with Crippen molar-refractivity contribution >= 4 is 29.5 Å². The molecule has 5 aliphatic rings. The molecule has 3 saturated carbocycles. The van der Waals surface area contributed by atoms with Crippen molar-refractivity contribution < 1.29 is 24.0 Å². The van der Waals surface area contributed by atoms with Crippen LogP contribution in [0.1, 0.15) is 99.8 Å².